The second-order valence-electron chi connectivity index (χ2n) is 20.3. The highest BCUT2D eigenvalue weighted by Gasteiger charge is 2.46. The molecule has 0 saturated carbocycles. The van der Waals surface area contributed by atoms with Crippen LogP contribution in [0.15, 0.2) is 60.1 Å². The number of benzene rings is 3. The van der Waals surface area contributed by atoms with Crippen LogP contribution in [0.25, 0.3) is 10.4 Å². The lowest BCUT2D eigenvalue weighted by molar-refractivity contribution is -0.144. The number of nitrogens with zero attached hydrogens (tertiary/aromatic N) is 3. The molecule has 0 radical (unpaired) electrons. The number of para-hydroxylation sites is 1. The van der Waals surface area contributed by atoms with E-state index in [9.17, 15) is 33.9 Å². The highest BCUT2D eigenvalue weighted by Crippen LogP contribution is 2.39. The summed E-state index contributed by atoms with van der Waals surface area (Å²) in [5.41, 5.74) is 18.4. The van der Waals surface area contributed by atoms with E-state index in [4.69, 9.17) is 27.8 Å². The smallest absolute Gasteiger partial charge is 0.246 e. The quantitative estimate of drug-likeness (QED) is 0.0587. The fraction of sp³-hybridized carbons (Fsp3) is 0.491. The van der Waals surface area contributed by atoms with Crippen LogP contribution in [0.5, 0.6) is 5.75 Å². The van der Waals surface area contributed by atoms with Crippen LogP contribution in [-0.4, -0.2) is 99.9 Å². The predicted octanol–water partition coefficient (Wildman–Crippen LogP) is 5.74. The molecule has 7 rings (SSSR count). The number of aromatic nitrogens is 1. The van der Waals surface area contributed by atoms with Crippen molar-refractivity contribution < 1.29 is 43.0 Å². The van der Waals surface area contributed by atoms with Gasteiger partial charge >= 0.3 is 0 Å². The first kappa shape index (κ1) is 53.8. The standard InChI is InChI=1S/C53H66ClFN8O8S/c1-29(31-14-16-33(17-15-31)47-30(2)58-28-72-47)59-49(67)40-25-38(64)26-62(40)52(70)48(53(3,4)5)61-44(66)13-8-6-7-10-34-22-36(54)24-42(45(34)55)71-27-37(19-21-43(57)65)60-50(68)41-23-35-12-9-11-32-18-20-39(56)51(69)63(41)46(32)35/h9,11-12,14-17,22,24,28-29,37-41,48,64H,6-8,10,13,18-21,23,25-27,56H2,1-5H3,(H2,57,65)(H,59,67)(H,60,68)(H,61,66)/t29-,37-,38+,39-,40-,41-,48+/m0/s1. The second kappa shape index (κ2) is 23.3. The molecule has 3 aliphatic heterocycles. The van der Waals surface area contributed by atoms with Crippen molar-refractivity contribution in [1.82, 2.24) is 25.8 Å². The number of rotatable bonds is 20. The summed E-state index contributed by atoms with van der Waals surface area (Å²) in [5, 5.41) is 19.7. The molecule has 8 N–H and O–H groups in total. The zero-order chi connectivity index (χ0) is 52.0. The number of aliphatic hydroxyl groups is 1. The van der Waals surface area contributed by atoms with Crippen molar-refractivity contribution >= 4 is 64.1 Å². The van der Waals surface area contributed by atoms with Crippen LogP contribution in [0.4, 0.5) is 10.1 Å². The molecule has 1 fully saturated rings. The number of carbonyl (C=O) groups excluding carboxylic acids is 6. The van der Waals surface area contributed by atoms with Crippen LogP contribution in [0, 0.1) is 18.2 Å². The van der Waals surface area contributed by atoms with Gasteiger partial charge in [0.2, 0.25) is 35.4 Å². The third kappa shape index (κ3) is 12.8. The van der Waals surface area contributed by atoms with E-state index in [0.717, 1.165) is 32.8 Å². The van der Waals surface area contributed by atoms with E-state index < -0.39 is 71.2 Å². The van der Waals surface area contributed by atoms with E-state index in [2.05, 4.69) is 20.9 Å². The molecule has 72 heavy (non-hydrogen) atoms. The Morgan fingerprint density at radius 2 is 1.71 bits per heavy atom. The molecule has 16 nitrogen and oxygen atoms in total. The molecule has 386 valence electrons. The molecule has 1 aromatic heterocycles. The number of β-amino-alcohol motifs (C(OH)–C–C–N with tert-alkyl or cyclic N) is 1. The van der Waals surface area contributed by atoms with E-state index in [1.165, 1.54) is 21.9 Å². The van der Waals surface area contributed by atoms with Crippen LogP contribution in [-0.2, 0) is 48.0 Å². The zero-order valence-corrected chi connectivity index (χ0v) is 43.0. The summed E-state index contributed by atoms with van der Waals surface area (Å²) in [6, 6.07) is 11.7. The van der Waals surface area contributed by atoms with Gasteiger partial charge in [0, 0.05) is 43.3 Å². The molecule has 3 aromatic carbocycles. The number of halogens is 2. The Morgan fingerprint density at radius 1 is 0.986 bits per heavy atom. The number of anilines is 1. The highest BCUT2D eigenvalue weighted by molar-refractivity contribution is 7.13. The highest BCUT2D eigenvalue weighted by atomic mass is 35.5. The Kier molecular flexibility index (Phi) is 17.4. The topological polar surface area (TPSA) is 239 Å². The minimum absolute atomic E-state index is 0.0510. The summed E-state index contributed by atoms with van der Waals surface area (Å²) < 4.78 is 21.9. The van der Waals surface area contributed by atoms with Crippen LogP contribution < -0.4 is 37.1 Å². The number of primary amides is 1. The van der Waals surface area contributed by atoms with Gasteiger partial charge in [-0.05, 0) is 91.7 Å². The van der Waals surface area contributed by atoms with Crippen LogP contribution in [0.1, 0.15) is 113 Å². The molecule has 6 amide bonds. The van der Waals surface area contributed by atoms with Gasteiger partial charge in [-0.15, -0.1) is 11.3 Å². The van der Waals surface area contributed by atoms with Crippen molar-refractivity contribution in [1.29, 1.82) is 0 Å². The third-order valence-corrected chi connectivity index (χ3v) is 15.0. The van der Waals surface area contributed by atoms with E-state index in [1.54, 1.807) is 16.8 Å². The maximum Gasteiger partial charge on any atom is 0.246 e. The monoisotopic (exact) mass is 1030 g/mol. The minimum atomic E-state index is -0.987. The number of hydrogen-bond acceptors (Lipinski definition) is 11. The summed E-state index contributed by atoms with van der Waals surface area (Å²) in [6.07, 6.45) is 2.30. The van der Waals surface area contributed by atoms with Crippen molar-refractivity contribution in [2.75, 3.05) is 18.1 Å². The summed E-state index contributed by atoms with van der Waals surface area (Å²) >= 11 is 8.00. The van der Waals surface area contributed by atoms with Gasteiger partial charge in [-0.2, -0.15) is 0 Å². The van der Waals surface area contributed by atoms with Gasteiger partial charge in [0.1, 0.15) is 24.7 Å². The van der Waals surface area contributed by atoms with Gasteiger partial charge in [-0.1, -0.05) is 81.3 Å². The SMILES string of the molecule is Cc1ncsc1-c1ccc([C@H](C)NC(=O)[C@@H]2C[C@@H](O)CN2C(=O)[C@@H](NC(=O)CCCCCc2cc(Cl)cc(OC[C@H](CCC(N)=O)NC(=O)[C@@H]3Cc4cccc5c4N3C(=O)[C@@H](N)CC5)c2F)C(C)(C)C)cc1. The van der Waals surface area contributed by atoms with E-state index >= 15 is 4.39 Å². The number of aryl methyl sites for hydroxylation is 3. The number of amides is 6. The number of unbranched alkanes of at least 4 members (excludes halogenated alkanes) is 2. The maximum absolute atomic E-state index is 16.0. The number of nitrogens with two attached hydrogens (primary N) is 2. The molecule has 19 heteroatoms. The largest absolute Gasteiger partial charge is 0.488 e. The Labute approximate surface area is 428 Å². The van der Waals surface area contributed by atoms with E-state index in [0.29, 0.717) is 37.8 Å². The molecular formula is C53H66ClFN8O8S. The fourth-order valence-electron chi connectivity index (χ4n) is 9.80. The lowest BCUT2D eigenvalue weighted by atomic mass is 9.85. The number of carbonyl (C=O) groups is 6. The second-order valence-corrected chi connectivity index (χ2v) is 21.6. The van der Waals surface area contributed by atoms with Crippen molar-refractivity contribution in [3.63, 3.8) is 0 Å². The van der Waals surface area contributed by atoms with Gasteiger partial charge < -0.3 is 42.2 Å². The van der Waals surface area contributed by atoms with Crippen molar-refractivity contribution in [2.45, 2.75) is 148 Å². The third-order valence-electron chi connectivity index (χ3n) is 13.8. The lowest BCUT2D eigenvalue weighted by Gasteiger charge is -2.35. The van der Waals surface area contributed by atoms with Crippen LogP contribution in [0.3, 0.4) is 0 Å². The number of nitrogens with one attached hydrogen (secondary N) is 3. The summed E-state index contributed by atoms with van der Waals surface area (Å²) in [5.74, 6) is -3.41. The summed E-state index contributed by atoms with van der Waals surface area (Å²) in [6.45, 7) is 9.01. The predicted molar refractivity (Wildman–Crippen MR) is 274 cm³/mol. The van der Waals surface area contributed by atoms with Crippen LogP contribution >= 0.6 is 22.9 Å². The molecule has 4 aromatic rings. The molecule has 0 aliphatic carbocycles. The maximum atomic E-state index is 16.0. The van der Waals surface area contributed by atoms with Crippen molar-refractivity contribution in [3.8, 4) is 16.2 Å². The number of likely N-dealkylation sites (tertiary alicyclic amines) is 1. The molecule has 1 saturated heterocycles. The Hall–Kier alpha value is -5.95. The average Bonchev–Trinajstić information content (AvgIpc) is 4.05. The first-order valence-electron chi connectivity index (χ1n) is 24.7. The Bertz CT molecular complexity index is 2660. The molecule has 3 aliphatic rings. The van der Waals surface area contributed by atoms with Gasteiger partial charge in [-0.3, -0.25) is 33.7 Å². The molecular weight excluding hydrogens is 963 g/mol. The van der Waals surface area contributed by atoms with Crippen LogP contribution in [0.2, 0.25) is 5.02 Å². The molecule has 7 atom stereocenters. The van der Waals surface area contributed by atoms with Gasteiger partial charge in [0.25, 0.3) is 0 Å². The number of aliphatic hydroxyl groups excluding tert-OH is 1. The molecule has 4 heterocycles. The summed E-state index contributed by atoms with van der Waals surface area (Å²) in [4.78, 5) is 88.7. The average molecular weight is 1030 g/mol. The first-order valence-corrected chi connectivity index (χ1v) is 25.9. The van der Waals surface area contributed by atoms with Crippen molar-refractivity contribution in [2.24, 2.45) is 16.9 Å². The first-order chi connectivity index (χ1) is 34.2. The number of hydrogen-bond donors (Lipinski definition) is 6. The van der Waals surface area contributed by atoms with Gasteiger partial charge in [0.05, 0.1) is 46.0 Å². The molecule has 0 bridgehead atoms. The lowest BCUT2D eigenvalue weighted by Crippen LogP contribution is -2.57. The molecule has 0 spiro atoms. The number of ether oxygens (including phenoxy) is 1. The van der Waals surface area contributed by atoms with E-state index in [1.807, 2.05) is 77.1 Å². The fourth-order valence-corrected chi connectivity index (χ4v) is 10.8. The normalized spacial score (nSPS) is 19.8. The summed E-state index contributed by atoms with van der Waals surface area (Å²) in [7, 11) is 0. The zero-order valence-electron chi connectivity index (χ0n) is 41.5. The minimum Gasteiger partial charge on any atom is -0.488 e. The Morgan fingerprint density at radius 3 is 2.40 bits per heavy atom. The molecule has 0 unspecified atom stereocenters. The van der Waals surface area contributed by atoms with Crippen molar-refractivity contribution in [3.05, 3.63) is 98.9 Å². The number of thiazole rings is 1. The van der Waals surface area contributed by atoms with Gasteiger partial charge in [-0.25, -0.2) is 9.37 Å². The van der Waals surface area contributed by atoms with Gasteiger partial charge in [0.15, 0.2) is 11.6 Å². The van der Waals surface area contributed by atoms with E-state index in [-0.39, 0.29) is 85.9 Å². The Balaban J connectivity index is 0.901.